The average molecular weight is 385 g/mol. The molecule has 108 valence electrons. The Kier molecular flexibility index (Phi) is 5.81. The van der Waals surface area contributed by atoms with Gasteiger partial charge in [-0.1, -0.05) is 45.1 Å². The number of halogens is 3. The lowest BCUT2D eigenvalue weighted by Crippen LogP contribution is -2.04. The number of hydrogen-bond acceptors (Lipinski definition) is 2. The molecule has 2 rings (SSSR count). The van der Waals surface area contributed by atoms with E-state index in [-0.39, 0.29) is 6.61 Å². The van der Waals surface area contributed by atoms with E-state index in [4.69, 9.17) is 34.4 Å². The van der Waals surface area contributed by atoms with E-state index in [0.717, 1.165) is 21.5 Å². The maximum Gasteiger partial charge on any atom is 0.148 e. The lowest BCUT2D eigenvalue weighted by atomic mass is 10.2. The molecule has 0 saturated carbocycles. The highest BCUT2D eigenvalue weighted by molar-refractivity contribution is 9.10. The molecule has 0 fully saturated rings. The largest absolute Gasteiger partial charge is 0.481 e. The van der Waals surface area contributed by atoms with Crippen LogP contribution in [0.15, 0.2) is 40.9 Å². The molecular weight excluding hydrogens is 373 g/mol. The van der Waals surface area contributed by atoms with Crippen LogP contribution in [0, 0.1) is 12.3 Å². The average Bonchev–Trinajstić information content (AvgIpc) is 2.45. The van der Waals surface area contributed by atoms with Crippen LogP contribution >= 0.6 is 39.1 Å². The first-order valence-corrected chi connectivity index (χ1v) is 7.68. The third-order valence-corrected chi connectivity index (χ3v) is 3.78. The molecule has 0 spiro atoms. The molecular formula is C16H12BrCl2NO. The molecule has 5 heteroatoms. The summed E-state index contributed by atoms with van der Waals surface area (Å²) in [6.07, 6.45) is 5.23. The number of anilines is 1. The van der Waals surface area contributed by atoms with Crippen molar-refractivity contribution in [2.24, 2.45) is 0 Å². The molecule has 0 heterocycles. The fourth-order valence-electron chi connectivity index (χ4n) is 1.77. The molecule has 0 aliphatic carbocycles. The number of ether oxygens (including phenoxy) is 1. The second kappa shape index (κ2) is 7.61. The van der Waals surface area contributed by atoms with Crippen molar-refractivity contribution in [2.45, 2.75) is 6.54 Å². The highest BCUT2D eigenvalue weighted by atomic mass is 79.9. The van der Waals surface area contributed by atoms with Crippen molar-refractivity contribution in [1.82, 2.24) is 0 Å². The number of nitrogens with one attached hydrogen (secondary N) is 1. The molecule has 0 aromatic heterocycles. The third-order valence-electron chi connectivity index (χ3n) is 2.73. The highest BCUT2D eigenvalue weighted by Crippen LogP contribution is 2.28. The summed E-state index contributed by atoms with van der Waals surface area (Å²) in [6, 6.07) is 11.1. The highest BCUT2D eigenvalue weighted by Gasteiger charge is 2.06. The van der Waals surface area contributed by atoms with E-state index in [2.05, 4.69) is 27.2 Å². The van der Waals surface area contributed by atoms with Gasteiger partial charge in [0.15, 0.2) is 0 Å². The van der Waals surface area contributed by atoms with Gasteiger partial charge in [-0.15, -0.1) is 6.42 Å². The first-order valence-electron chi connectivity index (χ1n) is 6.14. The van der Waals surface area contributed by atoms with Gasteiger partial charge in [-0.3, -0.25) is 0 Å². The topological polar surface area (TPSA) is 21.3 Å². The van der Waals surface area contributed by atoms with Crippen LogP contribution in [0.3, 0.4) is 0 Å². The molecule has 1 N–H and O–H groups in total. The van der Waals surface area contributed by atoms with Gasteiger partial charge >= 0.3 is 0 Å². The van der Waals surface area contributed by atoms with Gasteiger partial charge in [0.25, 0.3) is 0 Å². The Morgan fingerprint density at radius 2 is 2.00 bits per heavy atom. The Morgan fingerprint density at radius 1 is 1.19 bits per heavy atom. The van der Waals surface area contributed by atoms with Crippen molar-refractivity contribution in [3.63, 3.8) is 0 Å². The minimum absolute atomic E-state index is 0.232. The van der Waals surface area contributed by atoms with Crippen LogP contribution in [-0.4, -0.2) is 6.61 Å². The number of benzene rings is 2. The van der Waals surface area contributed by atoms with Gasteiger partial charge < -0.3 is 10.1 Å². The molecule has 0 aliphatic heterocycles. The molecule has 0 aliphatic rings. The number of hydrogen-bond donors (Lipinski definition) is 1. The smallest absolute Gasteiger partial charge is 0.148 e. The van der Waals surface area contributed by atoms with Crippen molar-refractivity contribution < 1.29 is 4.74 Å². The lowest BCUT2D eigenvalue weighted by molar-refractivity contribution is 0.366. The minimum Gasteiger partial charge on any atom is -0.481 e. The van der Waals surface area contributed by atoms with Crippen LogP contribution in [-0.2, 0) is 6.54 Å². The van der Waals surface area contributed by atoms with E-state index in [1.165, 1.54) is 0 Å². The van der Waals surface area contributed by atoms with Crippen LogP contribution in [0.4, 0.5) is 5.69 Å². The van der Waals surface area contributed by atoms with Gasteiger partial charge in [-0.2, -0.15) is 0 Å². The molecule has 0 bridgehead atoms. The predicted octanol–water partition coefficient (Wildman–Crippen LogP) is 5.38. The molecule has 0 amide bonds. The predicted molar refractivity (Wildman–Crippen MR) is 92.3 cm³/mol. The summed E-state index contributed by atoms with van der Waals surface area (Å²) in [4.78, 5) is 0. The monoisotopic (exact) mass is 383 g/mol. The fraction of sp³-hybridized carbons (Fsp3) is 0.125. The second-order valence-electron chi connectivity index (χ2n) is 4.22. The molecule has 0 unspecified atom stereocenters. The summed E-state index contributed by atoms with van der Waals surface area (Å²) < 4.78 is 6.50. The zero-order valence-corrected chi connectivity index (χ0v) is 14.1. The molecule has 0 radical (unpaired) electrons. The van der Waals surface area contributed by atoms with Gasteiger partial charge in [0, 0.05) is 21.6 Å². The standard InChI is InChI=1S/C16H12BrCl2NO/c1-2-7-21-16-6-3-12(17)8-11(16)10-20-15-5-4-13(18)9-14(15)19/h1,3-6,8-9,20H,7,10H2. The zero-order chi connectivity index (χ0) is 15.2. The Morgan fingerprint density at radius 3 is 2.71 bits per heavy atom. The molecule has 2 aromatic rings. The SMILES string of the molecule is C#CCOc1ccc(Br)cc1CNc1ccc(Cl)cc1Cl. The van der Waals surface area contributed by atoms with Crippen molar-refractivity contribution >= 4 is 44.8 Å². The van der Waals surface area contributed by atoms with Crippen molar-refractivity contribution in [2.75, 3.05) is 11.9 Å². The number of terminal acetylenes is 1. The van der Waals surface area contributed by atoms with Crippen molar-refractivity contribution in [3.05, 3.63) is 56.5 Å². The van der Waals surface area contributed by atoms with E-state index >= 15 is 0 Å². The van der Waals surface area contributed by atoms with Crippen LogP contribution in [0.25, 0.3) is 0 Å². The summed E-state index contributed by atoms with van der Waals surface area (Å²) in [7, 11) is 0. The van der Waals surface area contributed by atoms with E-state index in [0.29, 0.717) is 16.6 Å². The Bertz CT molecular complexity index is 682. The summed E-state index contributed by atoms with van der Waals surface area (Å²) in [5.41, 5.74) is 1.79. The zero-order valence-electron chi connectivity index (χ0n) is 11.0. The Hall–Kier alpha value is -1.34. The molecule has 2 aromatic carbocycles. The maximum atomic E-state index is 6.14. The number of rotatable bonds is 5. The van der Waals surface area contributed by atoms with E-state index in [1.54, 1.807) is 12.1 Å². The van der Waals surface area contributed by atoms with E-state index in [9.17, 15) is 0 Å². The van der Waals surface area contributed by atoms with Crippen molar-refractivity contribution in [3.8, 4) is 18.1 Å². The summed E-state index contributed by atoms with van der Waals surface area (Å²) in [5.74, 6) is 3.20. The van der Waals surface area contributed by atoms with Gasteiger partial charge in [0.1, 0.15) is 12.4 Å². The normalized spacial score (nSPS) is 10.0. The van der Waals surface area contributed by atoms with Gasteiger partial charge in [0.05, 0.1) is 10.7 Å². The van der Waals surface area contributed by atoms with E-state index < -0.39 is 0 Å². The minimum atomic E-state index is 0.232. The fourth-order valence-corrected chi connectivity index (χ4v) is 2.65. The Labute approximate surface area is 142 Å². The van der Waals surface area contributed by atoms with Crippen LogP contribution in [0.2, 0.25) is 10.0 Å². The first-order chi connectivity index (χ1) is 10.1. The summed E-state index contributed by atoms with van der Waals surface area (Å²) in [6.45, 7) is 0.789. The van der Waals surface area contributed by atoms with Crippen molar-refractivity contribution in [1.29, 1.82) is 0 Å². The molecule has 2 nitrogen and oxygen atoms in total. The molecule has 0 saturated heterocycles. The van der Waals surface area contributed by atoms with Crippen LogP contribution in [0.1, 0.15) is 5.56 Å². The molecule has 21 heavy (non-hydrogen) atoms. The van der Waals surface area contributed by atoms with Gasteiger partial charge in [0.2, 0.25) is 0 Å². The first kappa shape index (κ1) is 16.0. The van der Waals surface area contributed by atoms with Gasteiger partial charge in [-0.25, -0.2) is 0 Å². The Balaban J connectivity index is 2.15. The molecule has 0 atom stereocenters. The third kappa shape index (κ3) is 4.57. The van der Waals surface area contributed by atoms with Crippen LogP contribution < -0.4 is 10.1 Å². The summed E-state index contributed by atoms with van der Waals surface area (Å²) >= 11 is 15.5. The second-order valence-corrected chi connectivity index (χ2v) is 5.98. The maximum absolute atomic E-state index is 6.14. The van der Waals surface area contributed by atoms with Gasteiger partial charge in [-0.05, 0) is 36.4 Å². The van der Waals surface area contributed by atoms with E-state index in [1.807, 2.05) is 24.3 Å². The van der Waals surface area contributed by atoms with Crippen LogP contribution in [0.5, 0.6) is 5.75 Å². The summed E-state index contributed by atoms with van der Waals surface area (Å²) in [5, 5.41) is 4.43. The quantitative estimate of drug-likeness (QED) is 0.698. The lowest BCUT2D eigenvalue weighted by Gasteiger charge is -2.13.